The highest BCUT2D eigenvalue weighted by atomic mass is 16.2. The maximum absolute atomic E-state index is 13.3. The zero-order chi connectivity index (χ0) is 23.0. The lowest BCUT2D eigenvalue weighted by atomic mass is 10.0. The molecule has 0 spiro atoms. The third-order valence-electron chi connectivity index (χ3n) is 6.72. The van der Waals surface area contributed by atoms with Gasteiger partial charge in [-0.1, -0.05) is 66.7 Å². The van der Waals surface area contributed by atoms with Crippen molar-refractivity contribution in [3.8, 4) is 0 Å². The third kappa shape index (κ3) is 6.20. The summed E-state index contributed by atoms with van der Waals surface area (Å²) in [6.45, 7) is 3.99. The molecule has 0 bridgehead atoms. The van der Waals surface area contributed by atoms with Gasteiger partial charge in [0.25, 0.3) is 0 Å². The molecule has 1 heterocycles. The van der Waals surface area contributed by atoms with Crippen molar-refractivity contribution in [2.24, 2.45) is 11.5 Å². The minimum absolute atomic E-state index is 0.0818. The van der Waals surface area contributed by atoms with Gasteiger partial charge in [-0.2, -0.15) is 0 Å². The second kappa shape index (κ2) is 11.4. The summed E-state index contributed by atoms with van der Waals surface area (Å²) in [7, 11) is 0. The number of rotatable bonds is 9. The molecule has 1 amide bonds. The van der Waals surface area contributed by atoms with Gasteiger partial charge in [0.2, 0.25) is 5.91 Å². The second-order valence-electron chi connectivity index (χ2n) is 9.16. The Morgan fingerprint density at radius 3 is 2.48 bits per heavy atom. The van der Waals surface area contributed by atoms with Crippen molar-refractivity contribution in [2.45, 2.75) is 44.3 Å². The van der Waals surface area contributed by atoms with Crippen LogP contribution < -0.4 is 11.5 Å². The third-order valence-corrected chi connectivity index (χ3v) is 6.72. The molecule has 1 aliphatic rings. The summed E-state index contributed by atoms with van der Waals surface area (Å²) in [5.74, 6) is 0.0818. The Bertz CT molecular complexity index is 1040. The van der Waals surface area contributed by atoms with Crippen LogP contribution in [-0.4, -0.2) is 54.0 Å². The average molecular weight is 445 g/mol. The summed E-state index contributed by atoms with van der Waals surface area (Å²) in [6.07, 6.45) is 3.33. The van der Waals surface area contributed by atoms with Crippen molar-refractivity contribution >= 4 is 16.7 Å². The van der Waals surface area contributed by atoms with Gasteiger partial charge in [0.15, 0.2) is 0 Å². The molecule has 2 atom stereocenters. The van der Waals surface area contributed by atoms with Gasteiger partial charge in [0.05, 0.1) is 6.04 Å². The normalized spacial score (nSPS) is 17.9. The Morgan fingerprint density at radius 1 is 0.939 bits per heavy atom. The molecule has 4 N–H and O–H groups in total. The topological polar surface area (TPSA) is 75.6 Å². The number of carbonyl (C=O) groups excluding carboxylic acids is 1. The fourth-order valence-corrected chi connectivity index (χ4v) is 4.85. The van der Waals surface area contributed by atoms with Crippen molar-refractivity contribution < 1.29 is 4.79 Å². The Labute approximate surface area is 197 Å². The number of benzene rings is 3. The first kappa shape index (κ1) is 23.4. The van der Waals surface area contributed by atoms with Crippen LogP contribution in [0.25, 0.3) is 10.8 Å². The predicted octanol–water partition coefficient (Wildman–Crippen LogP) is 3.55. The first-order chi connectivity index (χ1) is 16.1. The van der Waals surface area contributed by atoms with E-state index in [-0.39, 0.29) is 11.9 Å². The molecule has 0 aliphatic carbocycles. The first-order valence-corrected chi connectivity index (χ1v) is 12.1. The highest BCUT2D eigenvalue weighted by Crippen LogP contribution is 2.21. The summed E-state index contributed by atoms with van der Waals surface area (Å²) >= 11 is 0. The van der Waals surface area contributed by atoms with E-state index >= 15 is 0 Å². The van der Waals surface area contributed by atoms with Crippen molar-refractivity contribution in [2.75, 3.05) is 26.2 Å². The summed E-state index contributed by atoms with van der Waals surface area (Å²) in [6, 6.07) is 25.1. The van der Waals surface area contributed by atoms with E-state index in [1.165, 1.54) is 21.9 Å². The monoisotopic (exact) mass is 444 g/mol. The summed E-state index contributed by atoms with van der Waals surface area (Å²) in [5, 5.41) is 2.54. The lowest BCUT2D eigenvalue weighted by Gasteiger charge is -2.42. The highest BCUT2D eigenvalue weighted by molar-refractivity contribution is 5.83. The van der Waals surface area contributed by atoms with Gasteiger partial charge in [-0.15, -0.1) is 0 Å². The summed E-state index contributed by atoms with van der Waals surface area (Å²) in [4.78, 5) is 17.7. The molecule has 174 valence electrons. The molecule has 0 aromatic heterocycles. The van der Waals surface area contributed by atoms with Crippen LogP contribution in [0.4, 0.5) is 0 Å². The first-order valence-electron chi connectivity index (χ1n) is 12.1. The van der Waals surface area contributed by atoms with Gasteiger partial charge >= 0.3 is 0 Å². The highest BCUT2D eigenvalue weighted by Gasteiger charge is 2.32. The van der Waals surface area contributed by atoms with Crippen LogP contribution in [0.5, 0.6) is 0 Å². The van der Waals surface area contributed by atoms with Gasteiger partial charge in [0, 0.05) is 32.2 Å². The number of amides is 1. The molecule has 0 saturated carbocycles. The Hall–Kier alpha value is -2.73. The van der Waals surface area contributed by atoms with E-state index < -0.39 is 6.04 Å². The minimum Gasteiger partial charge on any atom is -0.336 e. The lowest BCUT2D eigenvalue weighted by molar-refractivity contribution is -0.138. The van der Waals surface area contributed by atoms with E-state index in [9.17, 15) is 4.79 Å². The van der Waals surface area contributed by atoms with E-state index in [1.54, 1.807) is 0 Å². The number of hydrogen-bond acceptors (Lipinski definition) is 4. The van der Waals surface area contributed by atoms with Crippen LogP contribution >= 0.6 is 0 Å². The number of piperazine rings is 1. The number of fused-ring (bicyclic) bond motifs is 1. The minimum atomic E-state index is -0.461. The average Bonchev–Trinajstić information content (AvgIpc) is 2.86. The summed E-state index contributed by atoms with van der Waals surface area (Å²) in [5.41, 5.74) is 14.7. The number of nitrogens with two attached hydrogens (primary N) is 2. The molecule has 33 heavy (non-hydrogen) atoms. The van der Waals surface area contributed by atoms with Crippen molar-refractivity contribution in [1.82, 2.24) is 9.80 Å². The zero-order valence-electron chi connectivity index (χ0n) is 19.4. The molecule has 5 heteroatoms. The van der Waals surface area contributed by atoms with Crippen molar-refractivity contribution in [3.63, 3.8) is 0 Å². The quantitative estimate of drug-likeness (QED) is 0.529. The van der Waals surface area contributed by atoms with Gasteiger partial charge in [-0.05, 0) is 60.2 Å². The van der Waals surface area contributed by atoms with E-state index in [0.717, 1.165) is 45.4 Å². The van der Waals surface area contributed by atoms with E-state index in [2.05, 4.69) is 59.5 Å². The zero-order valence-corrected chi connectivity index (χ0v) is 19.4. The van der Waals surface area contributed by atoms with Crippen molar-refractivity contribution in [3.05, 3.63) is 83.9 Å². The number of carbonyl (C=O) groups is 1. The molecule has 3 aromatic carbocycles. The largest absolute Gasteiger partial charge is 0.336 e. The molecular weight excluding hydrogens is 408 g/mol. The predicted molar refractivity (Wildman–Crippen MR) is 136 cm³/mol. The molecule has 0 radical (unpaired) electrons. The Balaban J connectivity index is 1.38. The fraction of sp³-hybridized carbons (Fsp3) is 0.393. The molecular formula is C28H36N4O. The second-order valence-corrected chi connectivity index (χ2v) is 9.16. The molecule has 0 unspecified atom stereocenters. The number of aryl methyl sites for hydroxylation is 1. The number of nitrogens with zero attached hydrogens (tertiary/aromatic N) is 2. The molecule has 4 rings (SSSR count). The van der Waals surface area contributed by atoms with Crippen molar-refractivity contribution in [1.29, 1.82) is 0 Å². The molecule has 1 fully saturated rings. The maximum atomic E-state index is 13.3. The van der Waals surface area contributed by atoms with Gasteiger partial charge in [-0.25, -0.2) is 0 Å². The fourth-order valence-electron chi connectivity index (χ4n) is 4.85. The van der Waals surface area contributed by atoms with Crippen LogP contribution in [0, 0.1) is 0 Å². The standard InChI is InChI=1S/C28H36N4O/c29-16-6-11-26-21-31(20-23-12-14-24-9-4-5-10-25(24)19-23)17-18-32(26)28(33)27(30)15-13-22-7-2-1-3-8-22/h1-5,7-10,12,14,19,26-27H,6,11,13,15-18,20-21,29-30H2/t26-,27-/m0/s1. The lowest BCUT2D eigenvalue weighted by Crippen LogP contribution is -2.58. The SMILES string of the molecule is NCCC[C@H]1CN(Cc2ccc3ccccc3c2)CCN1C(=O)[C@@H](N)CCc1ccccc1. The Kier molecular flexibility index (Phi) is 8.10. The molecule has 5 nitrogen and oxygen atoms in total. The summed E-state index contributed by atoms with van der Waals surface area (Å²) < 4.78 is 0. The van der Waals surface area contributed by atoms with E-state index in [1.807, 2.05) is 23.1 Å². The number of hydrogen-bond donors (Lipinski definition) is 2. The smallest absolute Gasteiger partial charge is 0.239 e. The van der Waals surface area contributed by atoms with Crippen LogP contribution in [0.3, 0.4) is 0 Å². The van der Waals surface area contributed by atoms with Crippen LogP contribution in [0.15, 0.2) is 72.8 Å². The molecule has 3 aromatic rings. The van der Waals surface area contributed by atoms with Crippen LogP contribution in [0.1, 0.15) is 30.4 Å². The molecule has 1 saturated heterocycles. The van der Waals surface area contributed by atoms with E-state index in [0.29, 0.717) is 13.0 Å². The van der Waals surface area contributed by atoms with Gasteiger partial charge in [-0.3, -0.25) is 9.69 Å². The van der Waals surface area contributed by atoms with Crippen LogP contribution in [0.2, 0.25) is 0 Å². The van der Waals surface area contributed by atoms with Gasteiger partial charge in [0.1, 0.15) is 0 Å². The molecule has 1 aliphatic heterocycles. The van der Waals surface area contributed by atoms with Gasteiger partial charge < -0.3 is 16.4 Å². The Morgan fingerprint density at radius 2 is 1.70 bits per heavy atom. The maximum Gasteiger partial charge on any atom is 0.239 e. The van der Waals surface area contributed by atoms with Crippen LogP contribution in [-0.2, 0) is 17.8 Å². The van der Waals surface area contributed by atoms with E-state index in [4.69, 9.17) is 11.5 Å².